The Kier molecular flexibility index (Phi) is 4.57. The third kappa shape index (κ3) is 5.10. The molecule has 0 aliphatic carbocycles. The van der Waals surface area contributed by atoms with E-state index in [1.165, 1.54) is 0 Å². The Morgan fingerprint density at radius 3 is 2.64 bits per heavy atom. The fraction of sp³-hybridized carbons (Fsp3) is 0.333. The van der Waals surface area contributed by atoms with E-state index in [-0.39, 0.29) is 6.16 Å². The van der Waals surface area contributed by atoms with Crippen molar-refractivity contribution in [2.75, 3.05) is 6.16 Å². The first-order valence-electron chi connectivity index (χ1n) is 4.26. The molecule has 0 atom stereocenters. The summed E-state index contributed by atoms with van der Waals surface area (Å²) in [7, 11) is -3.82. The zero-order valence-corrected chi connectivity index (χ0v) is 10.6. The van der Waals surface area contributed by atoms with Gasteiger partial charge in [0.25, 0.3) is 0 Å². The van der Waals surface area contributed by atoms with E-state index in [1.807, 2.05) is 24.3 Å². The van der Waals surface area contributed by atoms with Crippen molar-refractivity contribution in [2.24, 2.45) is 0 Å². The maximum Gasteiger partial charge on any atom is 0.325 e. The van der Waals surface area contributed by atoms with E-state index < -0.39 is 7.60 Å². The standard InChI is InChI=1S/C9H12IO3P/c10-9-5-1-3-8(7-9)4-2-6-14(11,12)13/h1,3,5,7H,2,4,6H2,(H2,11,12,13). The molecule has 0 aromatic heterocycles. The van der Waals surface area contributed by atoms with Gasteiger partial charge in [0.05, 0.1) is 6.16 Å². The topological polar surface area (TPSA) is 57.5 Å². The quantitative estimate of drug-likeness (QED) is 0.660. The minimum absolute atomic E-state index is 0.0293. The fourth-order valence-electron chi connectivity index (χ4n) is 1.18. The Labute approximate surface area is 96.8 Å². The number of hydrogen-bond donors (Lipinski definition) is 2. The van der Waals surface area contributed by atoms with Crippen LogP contribution in [-0.2, 0) is 11.0 Å². The van der Waals surface area contributed by atoms with Gasteiger partial charge in [0.2, 0.25) is 0 Å². The van der Waals surface area contributed by atoms with Crippen LogP contribution in [0.5, 0.6) is 0 Å². The molecule has 0 radical (unpaired) electrons. The van der Waals surface area contributed by atoms with Gasteiger partial charge in [-0.1, -0.05) is 12.1 Å². The summed E-state index contributed by atoms with van der Waals surface area (Å²) in [6, 6.07) is 7.95. The van der Waals surface area contributed by atoms with Gasteiger partial charge in [-0.05, 0) is 53.1 Å². The predicted molar refractivity (Wildman–Crippen MR) is 64.4 cm³/mol. The molecular formula is C9H12IO3P. The van der Waals surface area contributed by atoms with Crippen LogP contribution in [0.15, 0.2) is 24.3 Å². The van der Waals surface area contributed by atoms with Crippen LogP contribution in [0.25, 0.3) is 0 Å². The highest BCUT2D eigenvalue weighted by Gasteiger charge is 2.11. The molecule has 0 aliphatic heterocycles. The van der Waals surface area contributed by atoms with Gasteiger partial charge in [-0.3, -0.25) is 4.57 Å². The highest BCUT2D eigenvalue weighted by atomic mass is 127. The molecule has 78 valence electrons. The third-order valence-corrected chi connectivity index (χ3v) is 3.37. The van der Waals surface area contributed by atoms with Gasteiger partial charge in [-0.2, -0.15) is 0 Å². The first-order chi connectivity index (χ1) is 6.47. The van der Waals surface area contributed by atoms with Crippen molar-refractivity contribution in [1.29, 1.82) is 0 Å². The summed E-state index contributed by atoms with van der Waals surface area (Å²) in [5.41, 5.74) is 1.13. The lowest BCUT2D eigenvalue weighted by molar-refractivity contribution is 0.371. The van der Waals surface area contributed by atoms with Gasteiger partial charge < -0.3 is 9.79 Å². The second kappa shape index (κ2) is 5.26. The molecule has 0 bridgehead atoms. The van der Waals surface area contributed by atoms with Crippen LogP contribution in [0.2, 0.25) is 0 Å². The summed E-state index contributed by atoms with van der Waals surface area (Å²) in [6.45, 7) is 0. The number of aryl methyl sites for hydroxylation is 1. The summed E-state index contributed by atoms with van der Waals surface area (Å²) < 4.78 is 11.7. The van der Waals surface area contributed by atoms with Crippen LogP contribution in [0.4, 0.5) is 0 Å². The first kappa shape index (κ1) is 12.2. The van der Waals surface area contributed by atoms with Crippen LogP contribution >= 0.6 is 30.2 Å². The fourth-order valence-corrected chi connectivity index (χ4v) is 2.36. The van der Waals surface area contributed by atoms with Gasteiger partial charge in [-0.15, -0.1) is 0 Å². The van der Waals surface area contributed by atoms with Crippen LogP contribution in [0.1, 0.15) is 12.0 Å². The monoisotopic (exact) mass is 326 g/mol. The van der Waals surface area contributed by atoms with Crippen LogP contribution in [0.3, 0.4) is 0 Å². The van der Waals surface area contributed by atoms with E-state index >= 15 is 0 Å². The Balaban J connectivity index is 2.43. The molecule has 0 saturated heterocycles. The Bertz CT molecular complexity index is 348. The van der Waals surface area contributed by atoms with Crippen LogP contribution < -0.4 is 0 Å². The van der Waals surface area contributed by atoms with E-state index in [2.05, 4.69) is 22.6 Å². The van der Waals surface area contributed by atoms with Crippen LogP contribution in [0, 0.1) is 3.57 Å². The van der Waals surface area contributed by atoms with Gasteiger partial charge in [0, 0.05) is 3.57 Å². The first-order valence-corrected chi connectivity index (χ1v) is 7.14. The molecular weight excluding hydrogens is 314 g/mol. The zero-order valence-electron chi connectivity index (χ0n) is 7.56. The largest absolute Gasteiger partial charge is 0.325 e. The lowest BCUT2D eigenvalue weighted by Crippen LogP contribution is -1.92. The molecule has 2 N–H and O–H groups in total. The Morgan fingerprint density at radius 1 is 1.36 bits per heavy atom. The molecule has 0 spiro atoms. The average molecular weight is 326 g/mol. The highest BCUT2D eigenvalue weighted by molar-refractivity contribution is 14.1. The number of benzene rings is 1. The molecule has 0 amide bonds. The molecule has 0 fully saturated rings. The molecule has 0 aliphatic rings. The van der Waals surface area contributed by atoms with Gasteiger partial charge in [-0.25, -0.2) is 0 Å². The number of hydrogen-bond acceptors (Lipinski definition) is 1. The van der Waals surface area contributed by atoms with E-state index in [0.29, 0.717) is 6.42 Å². The minimum Gasteiger partial charge on any atom is -0.324 e. The molecule has 1 rings (SSSR count). The summed E-state index contributed by atoms with van der Waals surface area (Å²) in [5, 5.41) is 0. The van der Waals surface area contributed by atoms with Crippen molar-refractivity contribution >= 4 is 30.2 Å². The maximum atomic E-state index is 10.6. The van der Waals surface area contributed by atoms with Crippen LogP contribution in [-0.4, -0.2) is 15.9 Å². The molecule has 0 saturated carbocycles. The molecule has 14 heavy (non-hydrogen) atoms. The predicted octanol–water partition coefficient (Wildman–Crippen LogP) is 2.40. The smallest absolute Gasteiger partial charge is 0.324 e. The third-order valence-electron chi connectivity index (χ3n) is 1.80. The van der Waals surface area contributed by atoms with Gasteiger partial charge >= 0.3 is 7.60 Å². The number of halogens is 1. The summed E-state index contributed by atoms with van der Waals surface area (Å²) >= 11 is 2.22. The lowest BCUT2D eigenvalue weighted by Gasteiger charge is -2.03. The van der Waals surface area contributed by atoms with E-state index in [1.54, 1.807) is 0 Å². The molecule has 1 aromatic carbocycles. The summed E-state index contributed by atoms with van der Waals surface area (Å²) in [4.78, 5) is 17.3. The van der Waals surface area contributed by atoms with Crippen molar-refractivity contribution in [3.05, 3.63) is 33.4 Å². The zero-order chi connectivity index (χ0) is 10.6. The molecule has 1 aromatic rings. The Morgan fingerprint density at radius 2 is 2.07 bits per heavy atom. The maximum absolute atomic E-state index is 10.6. The van der Waals surface area contributed by atoms with Crippen molar-refractivity contribution in [1.82, 2.24) is 0 Å². The molecule has 0 heterocycles. The molecule has 5 heteroatoms. The van der Waals surface area contributed by atoms with Gasteiger partial charge in [0.1, 0.15) is 0 Å². The van der Waals surface area contributed by atoms with Gasteiger partial charge in [0.15, 0.2) is 0 Å². The summed E-state index contributed by atoms with van der Waals surface area (Å²) in [5.74, 6) is 0. The second-order valence-electron chi connectivity index (χ2n) is 3.12. The van der Waals surface area contributed by atoms with Crippen molar-refractivity contribution in [3.63, 3.8) is 0 Å². The van der Waals surface area contributed by atoms with E-state index in [0.717, 1.165) is 15.6 Å². The highest BCUT2D eigenvalue weighted by Crippen LogP contribution is 2.35. The summed E-state index contributed by atoms with van der Waals surface area (Å²) in [6.07, 6.45) is 1.23. The second-order valence-corrected chi connectivity index (χ2v) is 6.14. The normalized spacial score (nSPS) is 11.6. The minimum atomic E-state index is -3.82. The molecule has 3 nitrogen and oxygen atoms in total. The average Bonchev–Trinajstić information content (AvgIpc) is 2.01. The van der Waals surface area contributed by atoms with Crippen molar-refractivity contribution in [2.45, 2.75) is 12.8 Å². The van der Waals surface area contributed by atoms with E-state index in [4.69, 9.17) is 9.79 Å². The van der Waals surface area contributed by atoms with E-state index in [9.17, 15) is 4.57 Å². The molecule has 0 unspecified atom stereocenters. The Hall–Kier alpha value is 0.100. The lowest BCUT2D eigenvalue weighted by atomic mass is 10.1. The van der Waals surface area contributed by atoms with Crippen molar-refractivity contribution in [3.8, 4) is 0 Å². The van der Waals surface area contributed by atoms with Crippen molar-refractivity contribution < 1.29 is 14.4 Å². The SMILES string of the molecule is O=P(O)(O)CCCc1cccc(I)c1. The number of rotatable bonds is 4.